The van der Waals surface area contributed by atoms with Crippen LogP contribution in [-0.2, 0) is 0 Å². The van der Waals surface area contributed by atoms with Crippen LogP contribution in [-0.4, -0.2) is 47.9 Å². The number of carbonyl (C=O) groups excluding carboxylic acids is 1. The van der Waals surface area contributed by atoms with Crippen molar-refractivity contribution in [2.45, 2.75) is 6.42 Å². The zero-order valence-electron chi connectivity index (χ0n) is 16.9. The number of aromatic nitrogens is 1. The largest absolute Gasteiger partial charge is 0.309 e. The van der Waals surface area contributed by atoms with Crippen molar-refractivity contribution in [1.29, 1.82) is 0 Å². The van der Waals surface area contributed by atoms with Gasteiger partial charge in [0.25, 0.3) is 11.6 Å². The summed E-state index contributed by atoms with van der Waals surface area (Å²) in [5, 5.41) is 12.9. The van der Waals surface area contributed by atoms with Gasteiger partial charge in [0.05, 0.1) is 19.5 Å². The van der Waals surface area contributed by atoms with E-state index in [2.05, 4.69) is 9.88 Å². The van der Waals surface area contributed by atoms with E-state index in [0.29, 0.717) is 32.5 Å². The molecule has 4 aromatic rings. The Hall–Kier alpha value is -2.59. The number of hydrogen-bond donors (Lipinski definition) is 0. The molecule has 0 fully saturated rings. The van der Waals surface area contributed by atoms with Crippen LogP contribution in [0.1, 0.15) is 16.1 Å². The molecule has 1 amide bonds. The van der Waals surface area contributed by atoms with Gasteiger partial charge >= 0.3 is 0 Å². The number of nitrogens with zero attached hydrogens (tertiary/aromatic N) is 4. The molecule has 0 saturated heterocycles. The molecule has 0 bridgehead atoms. The highest BCUT2D eigenvalue weighted by Gasteiger charge is 2.24. The first-order valence-electron chi connectivity index (χ1n) is 9.53. The van der Waals surface area contributed by atoms with Crippen LogP contribution < -0.4 is 4.90 Å². The lowest BCUT2D eigenvalue weighted by molar-refractivity contribution is -0.384. The molecule has 0 aliphatic rings. The summed E-state index contributed by atoms with van der Waals surface area (Å²) >= 11 is 9.04. The minimum atomic E-state index is -0.434. The van der Waals surface area contributed by atoms with Gasteiger partial charge in [0.2, 0.25) is 0 Å². The number of anilines is 1. The number of hydrogen-bond acceptors (Lipinski definition) is 7. The number of thiophene rings is 1. The van der Waals surface area contributed by atoms with Gasteiger partial charge in [-0.2, -0.15) is 0 Å². The predicted molar refractivity (Wildman–Crippen MR) is 128 cm³/mol. The average Bonchev–Trinajstić information content (AvgIpc) is 3.34. The monoisotopic (exact) mass is 474 g/mol. The third kappa shape index (κ3) is 4.54. The van der Waals surface area contributed by atoms with Gasteiger partial charge in [0.15, 0.2) is 5.13 Å². The highest BCUT2D eigenvalue weighted by molar-refractivity contribution is 7.23. The molecule has 2 heterocycles. The van der Waals surface area contributed by atoms with Crippen molar-refractivity contribution in [3.8, 4) is 0 Å². The van der Waals surface area contributed by atoms with Crippen LogP contribution in [0.25, 0.3) is 20.3 Å². The van der Waals surface area contributed by atoms with Crippen LogP contribution in [0.4, 0.5) is 10.8 Å². The van der Waals surface area contributed by atoms with Crippen molar-refractivity contribution in [2.75, 3.05) is 32.1 Å². The number of para-hydroxylation sites is 1. The van der Waals surface area contributed by atoms with Gasteiger partial charge in [-0.25, -0.2) is 4.98 Å². The molecule has 10 heteroatoms. The fourth-order valence-corrected chi connectivity index (χ4v) is 5.51. The third-order valence-corrected chi connectivity index (χ3v) is 7.20. The number of nitro benzene ring substituents is 1. The minimum absolute atomic E-state index is 0.00736. The Morgan fingerprint density at radius 3 is 2.65 bits per heavy atom. The second kappa shape index (κ2) is 8.88. The Morgan fingerprint density at radius 1 is 1.13 bits per heavy atom. The smallest absolute Gasteiger partial charge is 0.270 e. The van der Waals surface area contributed by atoms with Gasteiger partial charge in [0.1, 0.15) is 5.52 Å². The van der Waals surface area contributed by atoms with Gasteiger partial charge in [-0.3, -0.25) is 19.8 Å². The molecule has 7 nitrogen and oxygen atoms in total. The molecule has 0 aliphatic heterocycles. The lowest BCUT2D eigenvalue weighted by Gasteiger charge is -2.20. The van der Waals surface area contributed by atoms with Crippen LogP contribution >= 0.6 is 34.3 Å². The Bertz CT molecular complexity index is 1280. The zero-order valence-corrected chi connectivity index (χ0v) is 19.3. The molecule has 0 spiro atoms. The van der Waals surface area contributed by atoms with Crippen molar-refractivity contribution in [2.24, 2.45) is 0 Å². The van der Waals surface area contributed by atoms with E-state index in [1.54, 1.807) is 23.1 Å². The number of nitro groups is 1. The summed E-state index contributed by atoms with van der Waals surface area (Å²) in [5.74, 6) is -0.169. The maximum atomic E-state index is 13.5. The number of carbonyl (C=O) groups is 1. The molecule has 0 N–H and O–H groups in total. The summed E-state index contributed by atoms with van der Waals surface area (Å²) in [5.41, 5.74) is 0.689. The number of fused-ring (bicyclic) bond motifs is 2. The summed E-state index contributed by atoms with van der Waals surface area (Å²) in [6.07, 6.45) is 0.777. The summed E-state index contributed by atoms with van der Waals surface area (Å²) in [6.45, 7) is 1.33. The van der Waals surface area contributed by atoms with Crippen LogP contribution in [0, 0.1) is 10.1 Å². The molecule has 0 saturated carbocycles. The number of non-ortho nitro benzene ring substituents is 1. The van der Waals surface area contributed by atoms with Gasteiger partial charge < -0.3 is 4.90 Å². The maximum Gasteiger partial charge on any atom is 0.270 e. The second-order valence-electron chi connectivity index (χ2n) is 7.29. The molecule has 0 radical (unpaired) electrons. The Kier molecular flexibility index (Phi) is 6.19. The number of benzene rings is 2. The number of rotatable bonds is 7. The molecule has 2 aromatic heterocycles. The lowest BCUT2D eigenvalue weighted by Crippen LogP contribution is -2.32. The zero-order chi connectivity index (χ0) is 22.1. The standard InChI is InChI=1S/C21H19ClN4O3S2/c1-24(2)9-4-10-25(21-23-19-15(22)5-3-6-17(19)31-21)20(27)18-12-13-11-14(26(28)29)7-8-16(13)30-18/h3,5-8,11-12H,4,9-10H2,1-2H3. The molecule has 2 aromatic carbocycles. The van der Waals surface area contributed by atoms with Gasteiger partial charge in [-0.05, 0) is 51.3 Å². The fourth-order valence-electron chi connectivity index (χ4n) is 3.23. The van der Waals surface area contributed by atoms with Crippen LogP contribution in [0.2, 0.25) is 5.02 Å². The SMILES string of the molecule is CN(C)CCCN(C(=O)c1cc2cc([N+](=O)[O-])ccc2s1)c1nc2c(Cl)cccc2s1. The van der Waals surface area contributed by atoms with Gasteiger partial charge in [0, 0.05) is 28.8 Å². The average molecular weight is 475 g/mol. The van der Waals surface area contributed by atoms with E-state index in [0.717, 1.165) is 22.4 Å². The summed E-state index contributed by atoms with van der Waals surface area (Å²) in [6, 6.07) is 11.9. The number of amides is 1. The van der Waals surface area contributed by atoms with Crippen molar-refractivity contribution in [3.05, 3.63) is 62.5 Å². The van der Waals surface area contributed by atoms with E-state index in [9.17, 15) is 14.9 Å². The van der Waals surface area contributed by atoms with Gasteiger partial charge in [-0.1, -0.05) is 29.0 Å². The summed E-state index contributed by atoms with van der Waals surface area (Å²) in [4.78, 5) is 33.0. The highest BCUT2D eigenvalue weighted by Crippen LogP contribution is 2.35. The molecular formula is C21H19ClN4O3S2. The first-order valence-corrected chi connectivity index (χ1v) is 11.5. The quantitative estimate of drug-likeness (QED) is 0.254. The summed E-state index contributed by atoms with van der Waals surface area (Å²) < 4.78 is 1.74. The Labute approximate surface area is 191 Å². The Balaban J connectivity index is 1.71. The van der Waals surface area contributed by atoms with E-state index in [1.807, 2.05) is 26.2 Å². The minimum Gasteiger partial charge on any atom is -0.309 e. The summed E-state index contributed by atoms with van der Waals surface area (Å²) in [7, 11) is 3.98. The molecule has 31 heavy (non-hydrogen) atoms. The van der Waals surface area contributed by atoms with Crippen molar-refractivity contribution in [3.63, 3.8) is 0 Å². The van der Waals surface area contributed by atoms with Gasteiger partial charge in [-0.15, -0.1) is 11.3 Å². The first kappa shape index (κ1) is 21.6. The third-order valence-electron chi connectivity index (χ3n) is 4.74. The molecule has 160 valence electrons. The van der Waals surface area contributed by atoms with Crippen molar-refractivity contribution < 1.29 is 9.72 Å². The van der Waals surface area contributed by atoms with E-state index >= 15 is 0 Å². The highest BCUT2D eigenvalue weighted by atomic mass is 35.5. The van der Waals surface area contributed by atoms with E-state index in [-0.39, 0.29) is 11.6 Å². The fraction of sp³-hybridized carbons (Fsp3) is 0.238. The van der Waals surface area contributed by atoms with E-state index < -0.39 is 4.92 Å². The van der Waals surface area contributed by atoms with Crippen LogP contribution in [0.15, 0.2) is 42.5 Å². The molecule has 0 atom stereocenters. The predicted octanol–water partition coefficient (Wildman–Crippen LogP) is 5.67. The molecule has 0 aliphatic carbocycles. The van der Waals surface area contributed by atoms with E-state index in [4.69, 9.17) is 11.6 Å². The Morgan fingerprint density at radius 2 is 1.94 bits per heavy atom. The molecule has 4 rings (SSSR count). The topological polar surface area (TPSA) is 79.6 Å². The normalized spacial score (nSPS) is 11.5. The number of thiazole rings is 1. The van der Waals surface area contributed by atoms with Crippen LogP contribution in [0.5, 0.6) is 0 Å². The second-order valence-corrected chi connectivity index (χ2v) is 9.79. The first-order chi connectivity index (χ1) is 14.8. The molecule has 0 unspecified atom stereocenters. The lowest BCUT2D eigenvalue weighted by atomic mass is 10.2. The van der Waals surface area contributed by atoms with Crippen molar-refractivity contribution in [1.82, 2.24) is 9.88 Å². The van der Waals surface area contributed by atoms with Crippen LogP contribution in [0.3, 0.4) is 0 Å². The molecular weight excluding hydrogens is 456 g/mol. The number of halogens is 1. The van der Waals surface area contributed by atoms with Crippen molar-refractivity contribution >= 4 is 71.3 Å². The van der Waals surface area contributed by atoms with E-state index in [1.165, 1.54) is 34.8 Å². The maximum absolute atomic E-state index is 13.5.